The lowest BCUT2D eigenvalue weighted by molar-refractivity contribution is -0.120. The SMILES string of the molecule is CCCC(=O)CN1C(=O)C(=O)c2ccccc21. The van der Waals surface area contributed by atoms with E-state index in [1.807, 2.05) is 6.92 Å². The molecule has 4 nitrogen and oxygen atoms in total. The Morgan fingerprint density at radius 3 is 2.65 bits per heavy atom. The van der Waals surface area contributed by atoms with Crippen molar-refractivity contribution in [1.29, 1.82) is 0 Å². The van der Waals surface area contributed by atoms with Gasteiger partial charge in [0.2, 0.25) is 0 Å². The number of rotatable bonds is 4. The van der Waals surface area contributed by atoms with Crippen LogP contribution in [0.3, 0.4) is 0 Å². The maximum absolute atomic E-state index is 11.7. The molecule has 1 aromatic carbocycles. The van der Waals surface area contributed by atoms with E-state index in [-0.39, 0.29) is 12.3 Å². The fourth-order valence-electron chi connectivity index (χ4n) is 1.94. The lowest BCUT2D eigenvalue weighted by Crippen LogP contribution is -2.34. The zero-order valence-electron chi connectivity index (χ0n) is 9.60. The number of ketones is 2. The van der Waals surface area contributed by atoms with Crippen LogP contribution < -0.4 is 4.90 Å². The number of fused-ring (bicyclic) bond motifs is 1. The van der Waals surface area contributed by atoms with Crippen molar-refractivity contribution in [1.82, 2.24) is 0 Å². The molecule has 1 aliphatic rings. The highest BCUT2D eigenvalue weighted by Crippen LogP contribution is 2.28. The molecule has 1 amide bonds. The number of benzene rings is 1. The largest absolute Gasteiger partial charge is 0.299 e. The van der Waals surface area contributed by atoms with Gasteiger partial charge in [0.05, 0.1) is 17.8 Å². The molecule has 1 aliphatic heterocycles. The Morgan fingerprint density at radius 2 is 1.94 bits per heavy atom. The van der Waals surface area contributed by atoms with Crippen LogP contribution in [0.4, 0.5) is 5.69 Å². The van der Waals surface area contributed by atoms with Crippen LogP contribution in [-0.4, -0.2) is 24.0 Å². The van der Waals surface area contributed by atoms with Gasteiger partial charge in [-0.2, -0.15) is 0 Å². The number of amides is 1. The fourth-order valence-corrected chi connectivity index (χ4v) is 1.94. The highest BCUT2D eigenvalue weighted by molar-refractivity contribution is 6.52. The van der Waals surface area contributed by atoms with Gasteiger partial charge in [0.25, 0.3) is 11.7 Å². The van der Waals surface area contributed by atoms with Crippen LogP contribution in [0.2, 0.25) is 0 Å². The summed E-state index contributed by atoms with van der Waals surface area (Å²) < 4.78 is 0. The third-order valence-corrected chi connectivity index (χ3v) is 2.74. The Balaban J connectivity index is 2.27. The molecule has 0 atom stereocenters. The van der Waals surface area contributed by atoms with Crippen molar-refractivity contribution in [2.24, 2.45) is 0 Å². The predicted molar refractivity (Wildman–Crippen MR) is 63.0 cm³/mol. The van der Waals surface area contributed by atoms with Crippen molar-refractivity contribution in [2.75, 3.05) is 11.4 Å². The number of Topliss-reactive ketones (excluding diaryl/α,β-unsaturated/α-hetero) is 2. The van der Waals surface area contributed by atoms with Crippen LogP contribution in [0, 0.1) is 0 Å². The summed E-state index contributed by atoms with van der Waals surface area (Å²) in [5, 5.41) is 0. The van der Waals surface area contributed by atoms with Crippen molar-refractivity contribution >= 4 is 23.2 Å². The van der Waals surface area contributed by atoms with Crippen molar-refractivity contribution in [3.8, 4) is 0 Å². The van der Waals surface area contributed by atoms with Gasteiger partial charge in [0, 0.05) is 6.42 Å². The highest BCUT2D eigenvalue weighted by Gasteiger charge is 2.35. The van der Waals surface area contributed by atoms with Gasteiger partial charge in [-0.25, -0.2) is 0 Å². The molecule has 88 valence electrons. The van der Waals surface area contributed by atoms with Gasteiger partial charge in [-0.3, -0.25) is 19.3 Å². The van der Waals surface area contributed by atoms with Gasteiger partial charge in [0.1, 0.15) is 0 Å². The van der Waals surface area contributed by atoms with E-state index in [1.165, 1.54) is 4.90 Å². The normalized spacial score (nSPS) is 14.1. The molecule has 4 heteroatoms. The van der Waals surface area contributed by atoms with Crippen LogP contribution in [0.5, 0.6) is 0 Å². The topological polar surface area (TPSA) is 54.5 Å². The average molecular weight is 231 g/mol. The first kappa shape index (κ1) is 11.5. The van der Waals surface area contributed by atoms with Crippen molar-refractivity contribution in [2.45, 2.75) is 19.8 Å². The van der Waals surface area contributed by atoms with Crippen LogP contribution >= 0.6 is 0 Å². The molecule has 0 spiro atoms. The lowest BCUT2D eigenvalue weighted by Gasteiger charge is -2.14. The van der Waals surface area contributed by atoms with Gasteiger partial charge in [-0.05, 0) is 18.6 Å². The van der Waals surface area contributed by atoms with Gasteiger partial charge < -0.3 is 0 Å². The Hall–Kier alpha value is -1.97. The first-order chi connectivity index (χ1) is 8.15. The van der Waals surface area contributed by atoms with Crippen LogP contribution in [0.15, 0.2) is 24.3 Å². The maximum atomic E-state index is 11.7. The van der Waals surface area contributed by atoms with Gasteiger partial charge in [-0.1, -0.05) is 19.1 Å². The average Bonchev–Trinajstić information content (AvgIpc) is 2.56. The summed E-state index contributed by atoms with van der Waals surface area (Å²) in [4.78, 5) is 36.2. The Kier molecular flexibility index (Phi) is 3.04. The minimum absolute atomic E-state index is 0.00454. The quantitative estimate of drug-likeness (QED) is 0.739. The molecule has 2 rings (SSSR count). The molecule has 0 saturated heterocycles. The summed E-state index contributed by atoms with van der Waals surface area (Å²) >= 11 is 0. The maximum Gasteiger partial charge on any atom is 0.299 e. The second-order valence-corrected chi connectivity index (χ2v) is 4.03. The summed E-state index contributed by atoms with van der Waals surface area (Å²) in [5.41, 5.74) is 0.939. The van der Waals surface area contributed by atoms with E-state index in [9.17, 15) is 14.4 Å². The molecule has 1 aromatic rings. The number of nitrogens with zero attached hydrogens (tertiary/aromatic N) is 1. The monoisotopic (exact) mass is 231 g/mol. The molecule has 0 radical (unpaired) electrons. The predicted octanol–water partition coefficient (Wildman–Crippen LogP) is 1.59. The van der Waals surface area contributed by atoms with Crippen LogP contribution in [-0.2, 0) is 9.59 Å². The first-order valence-electron chi connectivity index (χ1n) is 5.62. The summed E-state index contributed by atoms with van der Waals surface area (Å²) in [5.74, 6) is -1.15. The molecule has 1 heterocycles. The smallest absolute Gasteiger partial charge is 0.298 e. The summed E-state index contributed by atoms with van der Waals surface area (Å²) in [6.45, 7) is 1.90. The number of hydrogen-bond acceptors (Lipinski definition) is 3. The minimum atomic E-state index is -0.601. The zero-order chi connectivity index (χ0) is 12.4. The molecule has 0 aromatic heterocycles. The number of para-hydroxylation sites is 1. The number of carbonyl (C=O) groups excluding carboxylic acids is 3. The second-order valence-electron chi connectivity index (χ2n) is 4.03. The Morgan fingerprint density at radius 1 is 1.24 bits per heavy atom. The summed E-state index contributed by atoms with van der Waals surface area (Å²) in [7, 11) is 0. The van der Waals surface area contributed by atoms with E-state index in [0.29, 0.717) is 17.7 Å². The molecule has 0 bridgehead atoms. The fraction of sp³-hybridized carbons (Fsp3) is 0.308. The van der Waals surface area contributed by atoms with Gasteiger partial charge in [-0.15, -0.1) is 0 Å². The zero-order valence-corrected chi connectivity index (χ0v) is 9.60. The Labute approximate surface area is 99.2 Å². The Bertz CT molecular complexity index is 493. The summed E-state index contributed by atoms with van der Waals surface area (Å²) in [6.07, 6.45) is 1.18. The number of anilines is 1. The molecule has 0 fully saturated rings. The second kappa shape index (κ2) is 4.49. The highest BCUT2D eigenvalue weighted by atomic mass is 16.2. The van der Waals surface area contributed by atoms with Crippen molar-refractivity contribution in [3.63, 3.8) is 0 Å². The molecular weight excluding hydrogens is 218 g/mol. The van der Waals surface area contributed by atoms with Gasteiger partial charge in [0.15, 0.2) is 5.78 Å². The molecule has 0 unspecified atom stereocenters. The minimum Gasteiger partial charge on any atom is -0.298 e. The van der Waals surface area contributed by atoms with E-state index < -0.39 is 11.7 Å². The third-order valence-electron chi connectivity index (χ3n) is 2.74. The number of hydrogen-bond donors (Lipinski definition) is 0. The van der Waals surface area contributed by atoms with Crippen LogP contribution in [0.25, 0.3) is 0 Å². The molecule has 0 saturated carbocycles. The molecule has 0 N–H and O–H groups in total. The van der Waals surface area contributed by atoms with E-state index in [1.54, 1.807) is 24.3 Å². The molecule has 0 aliphatic carbocycles. The first-order valence-corrected chi connectivity index (χ1v) is 5.62. The van der Waals surface area contributed by atoms with Crippen molar-refractivity contribution < 1.29 is 14.4 Å². The standard InChI is InChI=1S/C13H13NO3/c1-2-5-9(15)8-14-11-7-4-3-6-10(11)12(16)13(14)17/h3-4,6-7H,2,5,8H2,1H3. The molecular formula is C13H13NO3. The van der Waals surface area contributed by atoms with E-state index in [4.69, 9.17) is 0 Å². The third kappa shape index (κ3) is 1.98. The number of carbonyl (C=O) groups is 3. The van der Waals surface area contributed by atoms with Crippen molar-refractivity contribution in [3.05, 3.63) is 29.8 Å². The van der Waals surface area contributed by atoms with Gasteiger partial charge >= 0.3 is 0 Å². The lowest BCUT2D eigenvalue weighted by atomic mass is 10.1. The molecule has 17 heavy (non-hydrogen) atoms. The van der Waals surface area contributed by atoms with Crippen LogP contribution in [0.1, 0.15) is 30.1 Å². The van der Waals surface area contributed by atoms with E-state index in [0.717, 1.165) is 6.42 Å². The van der Waals surface area contributed by atoms with E-state index in [2.05, 4.69) is 0 Å². The van der Waals surface area contributed by atoms with E-state index >= 15 is 0 Å². The summed E-state index contributed by atoms with van der Waals surface area (Å²) in [6, 6.07) is 6.76.